The van der Waals surface area contributed by atoms with Gasteiger partial charge in [-0.15, -0.1) is 11.3 Å². The lowest BCUT2D eigenvalue weighted by Crippen LogP contribution is -2.53. The van der Waals surface area contributed by atoms with Crippen molar-refractivity contribution in [3.8, 4) is 0 Å². The lowest BCUT2D eigenvalue weighted by molar-refractivity contribution is -0.376. The smallest absolute Gasteiger partial charge is 0.369 e. The average Bonchev–Trinajstić information content (AvgIpc) is 3.12. The lowest BCUT2D eigenvalue weighted by Gasteiger charge is -2.32. The minimum atomic E-state index is -5.98. The molecule has 0 spiro atoms. The van der Waals surface area contributed by atoms with Crippen LogP contribution in [0.2, 0.25) is 0 Å². The Morgan fingerprint density at radius 3 is 1.93 bits per heavy atom. The molecule has 1 aromatic heterocycles. The van der Waals surface area contributed by atoms with E-state index in [0.29, 0.717) is 12.1 Å². The van der Waals surface area contributed by atoms with E-state index in [4.69, 9.17) is 0 Å². The summed E-state index contributed by atoms with van der Waals surface area (Å²) >= 11 is 0.983. The SMILES string of the molecule is CCN(Cc1ccc(C(O)(C(F)(F)F)C(F)(F)F)cc1)S(=O)(=O)c1cccs1. The van der Waals surface area contributed by atoms with Gasteiger partial charge in [0.1, 0.15) is 4.21 Å². The van der Waals surface area contributed by atoms with Crippen molar-refractivity contribution in [2.45, 2.75) is 35.6 Å². The first-order chi connectivity index (χ1) is 12.7. The van der Waals surface area contributed by atoms with Crippen molar-refractivity contribution >= 4 is 21.4 Å². The van der Waals surface area contributed by atoms with Gasteiger partial charge >= 0.3 is 12.4 Å². The first-order valence-electron chi connectivity index (χ1n) is 7.74. The Hall–Kier alpha value is -1.63. The highest BCUT2D eigenvalue weighted by Crippen LogP contribution is 2.49. The monoisotopic (exact) mass is 447 g/mol. The van der Waals surface area contributed by atoms with Gasteiger partial charge in [0, 0.05) is 18.7 Å². The highest BCUT2D eigenvalue weighted by atomic mass is 32.2. The van der Waals surface area contributed by atoms with Gasteiger partial charge in [0.05, 0.1) is 0 Å². The van der Waals surface area contributed by atoms with Crippen molar-refractivity contribution in [2.75, 3.05) is 6.54 Å². The first-order valence-corrected chi connectivity index (χ1v) is 10.1. The van der Waals surface area contributed by atoms with E-state index in [1.54, 1.807) is 12.3 Å². The second-order valence-corrected chi connectivity index (χ2v) is 8.88. The van der Waals surface area contributed by atoms with Crippen LogP contribution in [0.3, 0.4) is 0 Å². The lowest BCUT2D eigenvalue weighted by atomic mass is 9.91. The minimum absolute atomic E-state index is 0.0387. The number of thiophene rings is 1. The van der Waals surface area contributed by atoms with Crippen LogP contribution in [-0.2, 0) is 22.2 Å². The van der Waals surface area contributed by atoms with Gasteiger partial charge in [-0.05, 0) is 17.0 Å². The number of hydrogen-bond donors (Lipinski definition) is 1. The zero-order valence-corrected chi connectivity index (χ0v) is 15.9. The van der Waals surface area contributed by atoms with E-state index in [2.05, 4.69) is 0 Å². The predicted octanol–water partition coefficient (Wildman–Crippen LogP) is 4.27. The van der Waals surface area contributed by atoms with Gasteiger partial charge in [0.15, 0.2) is 0 Å². The van der Waals surface area contributed by atoms with Crippen LogP contribution in [0.1, 0.15) is 18.1 Å². The molecule has 0 saturated heterocycles. The molecule has 12 heteroatoms. The molecule has 2 aromatic rings. The summed E-state index contributed by atoms with van der Waals surface area (Å²) in [7, 11) is -3.85. The van der Waals surface area contributed by atoms with Crippen LogP contribution < -0.4 is 0 Å². The molecule has 0 aliphatic carbocycles. The number of nitrogens with zero attached hydrogens (tertiary/aromatic N) is 1. The molecule has 4 nitrogen and oxygen atoms in total. The van der Waals surface area contributed by atoms with E-state index in [1.165, 1.54) is 12.1 Å². The summed E-state index contributed by atoms with van der Waals surface area (Å²) < 4.78 is 104. The zero-order chi connectivity index (χ0) is 21.4. The minimum Gasteiger partial charge on any atom is -0.369 e. The summed E-state index contributed by atoms with van der Waals surface area (Å²) in [4.78, 5) is 0. The fourth-order valence-corrected chi connectivity index (χ4v) is 5.03. The Balaban J connectivity index is 2.34. The molecule has 2 rings (SSSR count). The summed E-state index contributed by atoms with van der Waals surface area (Å²) in [6, 6.07) is 5.74. The third kappa shape index (κ3) is 4.04. The molecule has 0 radical (unpaired) electrons. The number of aliphatic hydroxyl groups is 1. The molecule has 0 unspecified atom stereocenters. The number of alkyl halides is 6. The van der Waals surface area contributed by atoms with Crippen LogP contribution in [-0.4, -0.2) is 36.7 Å². The van der Waals surface area contributed by atoms with Crippen molar-refractivity contribution in [2.24, 2.45) is 0 Å². The number of halogens is 6. The Labute approximate surface area is 161 Å². The fourth-order valence-electron chi connectivity index (χ4n) is 2.45. The van der Waals surface area contributed by atoms with Crippen molar-refractivity contribution in [1.29, 1.82) is 0 Å². The molecule has 0 aliphatic heterocycles. The topological polar surface area (TPSA) is 57.6 Å². The molecule has 1 N–H and O–H groups in total. The first kappa shape index (κ1) is 22.7. The van der Waals surface area contributed by atoms with Gasteiger partial charge in [-0.3, -0.25) is 0 Å². The van der Waals surface area contributed by atoms with Gasteiger partial charge in [-0.1, -0.05) is 37.3 Å². The Morgan fingerprint density at radius 2 is 1.54 bits per heavy atom. The molecule has 156 valence electrons. The molecular weight excluding hydrogens is 432 g/mol. The van der Waals surface area contributed by atoms with Crippen LogP contribution in [0.4, 0.5) is 26.3 Å². The van der Waals surface area contributed by atoms with Gasteiger partial charge in [-0.2, -0.15) is 30.6 Å². The normalized spacial score (nSPS) is 13.9. The van der Waals surface area contributed by atoms with Crippen molar-refractivity contribution in [1.82, 2.24) is 4.31 Å². The van der Waals surface area contributed by atoms with Crippen LogP contribution >= 0.6 is 11.3 Å². The van der Waals surface area contributed by atoms with Gasteiger partial charge in [-0.25, -0.2) is 8.42 Å². The maximum absolute atomic E-state index is 12.9. The molecule has 1 heterocycles. The quantitative estimate of drug-likeness (QED) is 0.673. The number of sulfonamides is 1. The third-order valence-electron chi connectivity index (χ3n) is 3.99. The Bertz CT molecular complexity index is 876. The number of rotatable bonds is 6. The van der Waals surface area contributed by atoms with Gasteiger partial charge in [0.2, 0.25) is 0 Å². The van der Waals surface area contributed by atoms with Gasteiger partial charge < -0.3 is 5.11 Å². The summed E-state index contributed by atoms with van der Waals surface area (Å²) in [6.07, 6.45) is -12.0. The number of hydrogen-bond acceptors (Lipinski definition) is 4. The Kier molecular flexibility index (Phi) is 6.19. The van der Waals surface area contributed by atoms with E-state index in [-0.39, 0.29) is 22.9 Å². The third-order valence-corrected chi connectivity index (χ3v) is 7.29. The average molecular weight is 447 g/mol. The van der Waals surface area contributed by atoms with E-state index in [9.17, 15) is 39.9 Å². The molecule has 0 fully saturated rings. The van der Waals surface area contributed by atoms with Gasteiger partial charge in [0.25, 0.3) is 15.6 Å². The molecule has 1 aromatic carbocycles. The van der Waals surface area contributed by atoms with Crippen molar-refractivity contribution in [3.05, 3.63) is 52.9 Å². The van der Waals surface area contributed by atoms with Crippen LogP contribution in [0.5, 0.6) is 0 Å². The summed E-state index contributed by atoms with van der Waals surface area (Å²) in [6.45, 7) is 1.33. The van der Waals surface area contributed by atoms with E-state index in [0.717, 1.165) is 27.8 Å². The van der Waals surface area contributed by atoms with Crippen LogP contribution in [0, 0.1) is 0 Å². The zero-order valence-electron chi connectivity index (χ0n) is 14.3. The fraction of sp³-hybridized carbons (Fsp3) is 0.375. The van der Waals surface area contributed by atoms with E-state index in [1.807, 2.05) is 0 Å². The van der Waals surface area contributed by atoms with Crippen LogP contribution in [0.15, 0.2) is 46.0 Å². The maximum atomic E-state index is 12.9. The summed E-state index contributed by atoms with van der Waals surface area (Å²) in [5, 5.41) is 10.9. The highest BCUT2D eigenvalue weighted by molar-refractivity contribution is 7.91. The number of benzene rings is 1. The summed E-state index contributed by atoms with van der Waals surface area (Å²) in [5.74, 6) is 0. The maximum Gasteiger partial charge on any atom is 0.430 e. The second kappa shape index (κ2) is 7.65. The Morgan fingerprint density at radius 1 is 1.00 bits per heavy atom. The molecular formula is C16H15F6NO3S2. The molecule has 0 amide bonds. The molecule has 0 saturated carbocycles. The van der Waals surface area contributed by atoms with E-state index >= 15 is 0 Å². The highest BCUT2D eigenvalue weighted by Gasteiger charge is 2.71. The molecule has 0 atom stereocenters. The van der Waals surface area contributed by atoms with E-state index < -0.39 is 33.5 Å². The molecule has 28 heavy (non-hydrogen) atoms. The predicted molar refractivity (Wildman–Crippen MR) is 90.0 cm³/mol. The van der Waals surface area contributed by atoms with Crippen molar-refractivity contribution < 1.29 is 39.9 Å². The second-order valence-electron chi connectivity index (χ2n) is 5.77. The summed E-state index contributed by atoms with van der Waals surface area (Å²) in [5.41, 5.74) is -6.26. The standard InChI is InChI=1S/C16H15F6NO3S2/c1-2-23(28(25,26)13-4-3-9-27-13)10-11-5-7-12(8-6-11)14(24,15(17,18)19)16(20,21)22/h3-9,24H,2,10H2,1H3. The molecule has 0 bridgehead atoms. The largest absolute Gasteiger partial charge is 0.430 e. The molecule has 0 aliphatic rings. The van der Waals surface area contributed by atoms with Crippen molar-refractivity contribution in [3.63, 3.8) is 0 Å². The van der Waals surface area contributed by atoms with Crippen LogP contribution in [0.25, 0.3) is 0 Å².